The SMILES string of the molecule is CC(C)(C)OC(=O)N1CCCC(n2nc(C(=O)O)c3c2-c2ccccc2S(=O)(=O)C3)CC1. The number of fused-ring (bicyclic) bond motifs is 3. The number of benzene rings is 1. The van der Waals surface area contributed by atoms with Crippen LogP contribution in [0.3, 0.4) is 0 Å². The second-order valence-corrected chi connectivity index (χ2v) is 11.2. The lowest BCUT2D eigenvalue weighted by Gasteiger charge is -2.26. The average molecular weight is 462 g/mol. The molecule has 32 heavy (non-hydrogen) atoms. The average Bonchev–Trinajstić information content (AvgIpc) is 2.89. The summed E-state index contributed by atoms with van der Waals surface area (Å²) in [6.45, 7) is 6.43. The number of carbonyl (C=O) groups is 2. The molecule has 0 spiro atoms. The number of likely N-dealkylation sites (tertiary alicyclic amines) is 1. The molecule has 172 valence electrons. The molecule has 1 unspecified atom stereocenters. The van der Waals surface area contributed by atoms with Gasteiger partial charge in [-0.05, 0) is 46.1 Å². The van der Waals surface area contributed by atoms with Crippen molar-refractivity contribution in [2.45, 2.75) is 62.3 Å². The normalized spacial score (nSPS) is 20.1. The molecule has 1 amide bonds. The summed E-state index contributed by atoms with van der Waals surface area (Å²) in [4.78, 5) is 26.3. The third kappa shape index (κ3) is 4.11. The molecular formula is C22H27N3O6S. The molecule has 0 radical (unpaired) electrons. The van der Waals surface area contributed by atoms with E-state index in [4.69, 9.17) is 4.74 Å². The standard InChI is InChI=1S/C22H27N3O6S/c1-22(2,3)31-21(28)24-11-6-7-14(10-12-24)25-19-15-8-4-5-9-17(15)32(29,30)13-16(19)18(23-25)20(26)27/h4-5,8-9,14H,6-7,10-13H2,1-3H3,(H,26,27). The molecule has 2 aliphatic heterocycles. The van der Waals surface area contributed by atoms with Gasteiger partial charge in [0.05, 0.1) is 22.4 Å². The van der Waals surface area contributed by atoms with Gasteiger partial charge in [0.1, 0.15) is 5.60 Å². The van der Waals surface area contributed by atoms with Crippen LogP contribution < -0.4 is 0 Å². The number of nitrogens with zero attached hydrogens (tertiary/aromatic N) is 3. The predicted molar refractivity (Wildman–Crippen MR) is 116 cm³/mol. The lowest BCUT2D eigenvalue weighted by Crippen LogP contribution is -2.37. The van der Waals surface area contributed by atoms with Crippen LogP contribution in [0, 0.1) is 0 Å². The van der Waals surface area contributed by atoms with Crippen LogP contribution >= 0.6 is 0 Å². The highest BCUT2D eigenvalue weighted by atomic mass is 32.2. The van der Waals surface area contributed by atoms with Crippen LogP contribution in [0.15, 0.2) is 29.2 Å². The maximum absolute atomic E-state index is 12.8. The van der Waals surface area contributed by atoms with Gasteiger partial charge in [0, 0.05) is 24.2 Å². The zero-order chi connectivity index (χ0) is 23.3. The number of sulfone groups is 1. The van der Waals surface area contributed by atoms with E-state index in [-0.39, 0.29) is 28.3 Å². The summed E-state index contributed by atoms with van der Waals surface area (Å²) in [5.41, 5.74) is 0.427. The second kappa shape index (κ2) is 7.91. The van der Waals surface area contributed by atoms with Crippen LogP contribution in [0.4, 0.5) is 4.79 Å². The molecule has 1 N–H and O–H groups in total. The molecule has 1 saturated heterocycles. The Balaban J connectivity index is 1.71. The molecule has 3 heterocycles. The third-order valence-corrected chi connectivity index (χ3v) is 7.41. The quantitative estimate of drug-likeness (QED) is 0.727. The van der Waals surface area contributed by atoms with E-state index in [1.807, 2.05) is 20.8 Å². The van der Waals surface area contributed by atoms with Crippen molar-refractivity contribution in [3.8, 4) is 11.3 Å². The van der Waals surface area contributed by atoms with Crippen LogP contribution in [0.5, 0.6) is 0 Å². The Morgan fingerprint density at radius 1 is 1.16 bits per heavy atom. The Hall–Kier alpha value is -2.88. The van der Waals surface area contributed by atoms with Crippen molar-refractivity contribution < 1.29 is 27.9 Å². The number of aromatic nitrogens is 2. The van der Waals surface area contributed by atoms with E-state index in [2.05, 4.69) is 5.10 Å². The molecule has 0 saturated carbocycles. The van der Waals surface area contributed by atoms with Crippen LogP contribution in [-0.2, 0) is 20.3 Å². The minimum atomic E-state index is -3.66. The summed E-state index contributed by atoms with van der Waals surface area (Å²) in [5.74, 6) is -1.64. The number of carboxylic acid groups (broad SMARTS) is 1. The van der Waals surface area contributed by atoms with Crippen LogP contribution in [-0.4, -0.2) is 59.0 Å². The first-order valence-corrected chi connectivity index (χ1v) is 12.3. The highest BCUT2D eigenvalue weighted by molar-refractivity contribution is 7.90. The van der Waals surface area contributed by atoms with E-state index in [1.54, 1.807) is 33.8 Å². The van der Waals surface area contributed by atoms with Crippen molar-refractivity contribution in [2.24, 2.45) is 0 Å². The van der Waals surface area contributed by atoms with Gasteiger partial charge in [-0.15, -0.1) is 0 Å². The molecule has 4 rings (SSSR count). The van der Waals surface area contributed by atoms with E-state index >= 15 is 0 Å². The van der Waals surface area contributed by atoms with Gasteiger partial charge in [-0.2, -0.15) is 5.10 Å². The summed E-state index contributed by atoms with van der Waals surface area (Å²) in [6, 6.07) is 6.46. The maximum Gasteiger partial charge on any atom is 0.410 e. The van der Waals surface area contributed by atoms with Crippen LogP contribution in [0.1, 0.15) is 62.1 Å². The minimum Gasteiger partial charge on any atom is -0.476 e. The van der Waals surface area contributed by atoms with Gasteiger partial charge in [-0.1, -0.05) is 18.2 Å². The van der Waals surface area contributed by atoms with Crippen molar-refractivity contribution in [1.82, 2.24) is 14.7 Å². The van der Waals surface area contributed by atoms with Gasteiger partial charge in [-0.25, -0.2) is 18.0 Å². The second-order valence-electron chi connectivity index (χ2n) is 9.23. The van der Waals surface area contributed by atoms with Gasteiger partial charge in [0.15, 0.2) is 15.5 Å². The van der Waals surface area contributed by atoms with Gasteiger partial charge in [-0.3, -0.25) is 4.68 Å². The number of ether oxygens (including phenoxy) is 1. The maximum atomic E-state index is 12.8. The highest BCUT2D eigenvalue weighted by Gasteiger charge is 2.37. The van der Waals surface area contributed by atoms with E-state index in [9.17, 15) is 23.1 Å². The zero-order valence-corrected chi connectivity index (χ0v) is 19.2. The van der Waals surface area contributed by atoms with E-state index in [0.29, 0.717) is 43.6 Å². The monoisotopic (exact) mass is 461 g/mol. The topological polar surface area (TPSA) is 119 Å². The third-order valence-electron chi connectivity index (χ3n) is 5.72. The number of amides is 1. The lowest BCUT2D eigenvalue weighted by atomic mass is 10.0. The predicted octanol–water partition coefficient (Wildman–Crippen LogP) is 3.50. The molecule has 1 atom stereocenters. The number of hydrogen-bond donors (Lipinski definition) is 1. The summed E-state index contributed by atoms with van der Waals surface area (Å²) >= 11 is 0. The van der Waals surface area contributed by atoms with Crippen LogP contribution in [0.25, 0.3) is 11.3 Å². The zero-order valence-electron chi connectivity index (χ0n) is 18.4. The molecule has 1 aromatic carbocycles. The summed E-state index contributed by atoms with van der Waals surface area (Å²) in [5, 5.41) is 14.1. The Morgan fingerprint density at radius 2 is 1.88 bits per heavy atom. The Bertz CT molecular complexity index is 1180. The lowest BCUT2D eigenvalue weighted by molar-refractivity contribution is 0.0255. The van der Waals surface area contributed by atoms with E-state index < -0.39 is 27.2 Å². The van der Waals surface area contributed by atoms with Crippen molar-refractivity contribution in [2.75, 3.05) is 13.1 Å². The van der Waals surface area contributed by atoms with Crippen molar-refractivity contribution in [1.29, 1.82) is 0 Å². The summed E-state index contributed by atoms with van der Waals surface area (Å²) < 4.78 is 32.8. The molecule has 2 aliphatic rings. The fourth-order valence-corrected chi connectivity index (χ4v) is 5.96. The fourth-order valence-electron chi connectivity index (χ4n) is 4.36. The number of hydrogen-bond acceptors (Lipinski definition) is 6. The molecule has 1 fully saturated rings. The first kappa shape index (κ1) is 22.3. The summed E-state index contributed by atoms with van der Waals surface area (Å²) in [6.07, 6.45) is 1.56. The van der Waals surface area contributed by atoms with Gasteiger partial charge in [0.2, 0.25) is 0 Å². The van der Waals surface area contributed by atoms with Gasteiger partial charge >= 0.3 is 12.1 Å². The highest BCUT2D eigenvalue weighted by Crippen LogP contribution is 2.41. The van der Waals surface area contributed by atoms with Crippen molar-refractivity contribution >= 4 is 21.9 Å². The number of rotatable bonds is 2. The fraction of sp³-hybridized carbons (Fsp3) is 0.500. The Kier molecular flexibility index (Phi) is 5.52. The molecule has 2 aromatic rings. The Labute approximate surface area is 186 Å². The van der Waals surface area contributed by atoms with Gasteiger partial charge in [0.25, 0.3) is 0 Å². The smallest absolute Gasteiger partial charge is 0.410 e. The largest absolute Gasteiger partial charge is 0.476 e. The van der Waals surface area contributed by atoms with Crippen molar-refractivity contribution in [3.05, 3.63) is 35.5 Å². The minimum absolute atomic E-state index is 0.168. The number of carboxylic acids is 1. The molecular weight excluding hydrogens is 434 g/mol. The molecule has 10 heteroatoms. The van der Waals surface area contributed by atoms with Crippen LogP contribution in [0.2, 0.25) is 0 Å². The number of aromatic carboxylic acids is 1. The van der Waals surface area contributed by atoms with E-state index in [1.165, 1.54) is 0 Å². The summed E-state index contributed by atoms with van der Waals surface area (Å²) in [7, 11) is -3.66. The Morgan fingerprint density at radius 3 is 2.56 bits per heavy atom. The molecule has 1 aromatic heterocycles. The van der Waals surface area contributed by atoms with Gasteiger partial charge < -0.3 is 14.7 Å². The molecule has 9 nitrogen and oxygen atoms in total. The molecule has 0 bridgehead atoms. The molecule has 0 aliphatic carbocycles. The van der Waals surface area contributed by atoms with Crippen molar-refractivity contribution in [3.63, 3.8) is 0 Å². The first-order valence-electron chi connectivity index (χ1n) is 10.6. The number of carbonyl (C=O) groups excluding carboxylic acids is 1. The van der Waals surface area contributed by atoms with E-state index in [0.717, 1.165) is 0 Å². The first-order chi connectivity index (χ1) is 15.0.